The van der Waals surface area contributed by atoms with Gasteiger partial charge in [-0.1, -0.05) is 30.7 Å². The van der Waals surface area contributed by atoms with Gasteiger partial charge in [0.15, 0.2) is 0 Å². The summed E-state index contributed by atoms with van der Waals surface area (Å²) in [7, 11) is 2.01. The zero-order chi connectivity index (χ0) is 13.2. The number of hydrogen-bond acceptors (Lipinski definition) is 2. The van der Waals surface area contributed by atoms with E-state index in [1.165, 1.54) is 11.1 Å². The van der Waals surface area contributed by atoms with Gasteiger partial charge in [0.05, 0.1) is 5.41 Å². The normalized spacial score (nSPS) is 17.5. The Kier molecular flexibility index (Phi) is 3.71. The van der Waals surface area contributed by atoms with Crippen LogP contribution in [0.15, 0.2) is 24.3 Å². The van der Waals surface area contributed by atoms with Gasteiger partial charge in [0, 0.05) is 13.1 Å². The summed E-state index contributed by atoms with van der Waals surface area (Å²) in [5.41, 5.74) is 2.06. The first-order chi connectivity index (χ1) is 8.53. The minimum atomic E-state index is -0.634. The molecule has 0 unspecified atom stereocenters. The van der Waals surface area contributed by atoms with Crippen LogP contribution in [0.4, 0.5) is 0 Å². The average Bonchev–Trinajstić information content (AvgIpc) is 2.26. The van der Waals surface area contributed by atoms with E-state index >= 15 is 0 Å². The van der Waals surface area contributed by atoms with E-state index in [0.29, 0.717) is 6.54 Å². The third kappa shape index (κ3) is 2.56. The number of carbonyl (C=O) groups is 1. The maximum atomic E-state index is 11.3. The summed E-state index contributed by atoms with van der Waals surface area (Å²) in [5.74, 6) is -0.634. The van der Waals surface area contributed by atoms with Crippen molar-refractivity contribution in [2.75, 3.05) is 13.6 Å². The third-order valence-corrected chi connectivity index (χ3v) is 4.04. The lowest BCUT2D eigenvalue weighted by atomic mass is 9.68. The van der Waals surface area contributed by atoms with E-state index < -0.39 is 11.4 Å². The summed E-state index contributed by atoms with van der Waals surface area (Å²) in [5, 5.41) is 9.33. The van der Waals surface area contributed by atoms with Crippen molar-refractivity contribution in [3.8, 4) is 0 Å². The number of hydrogen-bond donors (Lipinski definition) is 1. The van der Waals surface area contributed by atoms with E-state index in [1.54, 1.807) is 0 Å². The molecule has 1 aromatic rings. The molecule has 3 nitrogen and oxygen atoms in total. The largest absolute Gasteiger partial charge is 0.481 e. The highest BCUT2D eigenvalue weighted by Gasteiger charge is 2.44. The number of aryl methyl sites for hydroxylation is 1. The van der Waals surface area contributed by atoms with Crippen molar-refractivity contribution in [3.63, 3.8) is 0 Å². The van der Waals surface area contributed by atoms with Crippen LogP contribution in [0.5, 0.6) is 0 Å². The van der Waals surface area contributed by atoms with Gasteiger partial charge in [-0.25, -0.2) is 0 Å². The molecule has 0 atom stereocenters. The van der Waals surface area contributed by atoms with Crippen molar-refractivity contribution >= 4 is 5.97 Å². The van der Waals surface area contributed by atoms with Crippen LogP contribution in [0.3, 0.4) is 0 Å². The molecule has 0 saturated heterocycles. The van der Waals surface area contributed by atoms with Gasteiger partial charge in [0.25, 0.3) is 0 Å². The number of benzene rings is 1. The third-order valence-electron chi connectivity index (χ3n) is 4.04. The zero-order valence-electron chi connectivity index (χ0n) is 11.1. The lowest BCUT2D eigenvalue weighted by Gasteiger charge is -2.40. The Morgan fingerprint density at radius 1 is 1.39 bits per heavy atom. The number of nitrogens with zero attached hydrogens (tertiary/aromatic N) is 1. The molecule has 3 heteroatoms. The number of aliphatic carboxylic acids is 1. The number of carboxylic acid groups (broad SMARTS) is 1. The van der Waals surface area contributed by atoms with E-state index in [2.05, 4.69) is 24.0 Å². The first kappa shape index (κ1) is 13.1. The molecular weight excluding hydrogens is 226 g/mol. The molecule has 0 amide bonds. The van der Waals surface area contributed by atoms with Gasteiger partial charge in [0.2, 0.25) is 0 Å². The van der Waals surface area contributed by atoms with E-state index in [1.807, 2.05) is 19.2 Å². The topological polar surface area (TPSA) is 40.5 Å². The maximum Gasteiger partial charge on any atom is 0.310 e. The Morgan fingerprint density at radius 2 is 2.06 bits per heavy atom. The van der Waals surface area contributed by atoms with Crippen molar-refractivity contribution in [2.45, 2.75) is 32.7 Å². The minimum Gasteiger partial charge on any atom is -0.481 e. The first-order valence-electron chi connectivity index (χ1n) is 6.50. The molecule has 0 heterocycles. The van der Waals surface area contributed by atoms with Crippen molar-refractivity contribution in [1.82, 2.24) is 4.90 Å². The molecular formula is C15H21NO2. The molecule has 0 aliphatic heterocycles. The molecule has 1 aliphatic carbocycles. The van der Waals surface area contributed by atoms with Crippen LogP contribution < -0.4 is 0 Å². The second-order valence-corrected chi connectivity index (χ2v) is 5.54. The van der Waals surface area contributed by atoms with Crippen LogP contribution in [-0.2, 0) is 11.3 Å². The molecule has 0 radical (unpaired) electrons. The quantitative estimate of drug-likeness (QED) is 0.869. The molecule has 98 valence electrons. The van der Waals surface area contributed by atoms with Gasteiger partial charge in [-0.3, -0.25) is 4.79 Å². The summed E-state index contributed by atoms with van der Waals surface area (Å²) < 4.78 is 0. The lowest BCUT2D eigenvalue weighted by molar-refractivity contribution is -0.156. The van der Waals surface area contributed by atoms with Crippen molar-refractivity contribution in [1.29, 1.82) is 0 Å². The maximum absolute atomic E-state index is 11.3. The van der Waals surface area contributed by atoms with Gasteiger partial charge >= 0.3 is 5.97 Å². The molecule has 0 aromatic heterocycles. The van der Waals surface area contributed by atoms with E-state index in [4.69, 9.17) is 0 Å². The Hall–Kier alpha value is -1.35. The number of rotatable bonds is 5. The Balaban J connectivity index is 1.99. The highest BCUT2D eigenvalue weighted by Crippen LogP contribution is 2.41. The Morgan fingerprint density at radius 3 is 2.56 bits per heavy atom. The first-order valence-corrected chi connectivity index (χ1v) is 6.50. The second kappa shape index (κ2) is 5.11. The summed E-state index contributed by atoms with van der Waals surface area (Å²) in [4.78, 5) is 13.5. The summed E-state index contributed by atoms with van der Waals surface area (Å²) in [6, 6.07) is 8.27. The molecule has 1 saturated carbocycles. The van der Waals surface area contributed by atoms with Gasteiger partial charge in [-0.05, 0) is 37.9 Å². The fourth-order valence-electron chi connectivity index (χ4n) is 2.69. The average molecular weight is 247 g/mol. The van der Waals surface area contributed by atoms with Gasteiger partial charge < -0.3 is 10.0 Å². The molecule has 1 fully saturated rings. The van der Waals surface area contributed by atoms with Gasteiger partial charge in [0.1, 0.15) is 0 Å². The minimum absolute atomic E-state index is 0.489. The fourth-order valence-corrected chi connectivity index (χ4v) is 2.69. The van der Waals surface area contributed by atoms with Crippen LogP contribution in [0, 0.1) is 12.3 Å². The Labute approximate surface area is 108 Å². The second-order valence-electron chi connectivity index (χ2n) is 5.54. The molecule has 1 aliphatic rings. The molecule has 0 bridgehead atoms. The van der Waals surface area contributed by atoms with Crippen LogP contribution >= 0.6 is 0 Å². The van der Waals surface area contributed by atoms with E-state index in [-0.39, 0.29) is 0 Å². The summed E-state index contributed by atoms with van der Waals surface area (Å²) >= 11 is 0. The zero-order valence-corrected chi connectivity index (χ0v) is 11.1. The molecule has 1 aromatic carbocycles. The molecule has 2 rings (SSSR count). The lowest BCUT2D eigenvalue weighted by Crippen LogP contribution is -2.46. The summed E-state index contributed by atoms with van der Waals surface area (Å²) in [6.07, 6.45) is 2.69. The van der Waals surface area contributed by atoms with Gasteiger partial charge in [-0.15, -0.1) is 0 Å². The Bertz CT molecular complexity index is 438. The molecule has 0 spiro atoms. The van der Waals surface area contributed by atoms with Crippen molar-refractivity contribution < 1.29 is 9.90 Å². The highest BCUT2D eigenvalue weighted by atomic mass is 16.4. The highest BCUT2D eigenvalue weighted by molar-refractivity contribution is 5.76. The van der Waals surface area contributed by atoms with Crippen molar-refractivity contribution in [3.05, 3.63) is 35.4 Å². The van der Waals surface area contributed by atoms with E-state index in [9.17, 15) is 9.90 Å². The standard InChI is InChI=1S/C15H21NO2/c1-12-6-3-4-7-13(12)10-16(2)11-15(14(17)18)8-5-9-15/h3-4,6-7H,5,8-11H2,1-2H3,(H,17,18). The number of carboxylic acids is 1. The predicted octanol–water partition coefficient (Wildman–Crippen LogP) is 2.68. The van der Waals surface area contributed by atoms with Crippen LogP contribution in [0.1, 0.15) is 30.4 Å². The van der Waals surface area contributed by atoms with Crippen LogP contribution in [0.2, 0.25) is 0 Å². The van der Waals surface area contributed by atoms with Crippen molar-refractivity contribution in [2.24, 2.45) is 5.41 Å². The monoisotopic (exact) mass is 247 g/mol. The molecule has 18 heavy (non-hydrogen) atoms. The van der Waals surface area contributed by atoms with Crippen LogP contribution in [-0.4, -0.2) is 29.6 Å². The van der Waals surface area contributed by atoms with Crippen LogP contribution in [0.25, 0.3) is 0 Å². The fraction of sp³-hybridized carbons (Fsp3) is 0.533. The summed E-state index contributed by atoms with van der Waals surface area (Å²) in [6.45, 7) is 3.57. The molecule has 1 N–H and O–H groups in total. The SMILES string of the molecule is Cc1ccccc1CN(C)CC1(C(=O)O)CCC1. The van der Waals surface area contributed by atoms with E-state index in [0.717, 1.165) is 25.8 Å². The predicted molar refractivity (Wildman–Crippen MR) is 71.4 cm³/mol. The van der Waals surface area contributed by atoms with Gasteiger partial charge in [-0.2, -0.15) is 0 Å². The smallest absolute Gasteiger partial charge is 0.310 e.